The average molecular weight is 434 g/mol. The quantitative estimate of drug-likeness (QED) is 0.348. The zero-order valence-electron chi connectivity index (χ0n) is 13.2. The molecule has 0 saturated carbocycles. The van der Waals surface area contributed by atoms with Gasteiger partial charge in [0.15, 0.2) is 0 Å². The Labute approximate surface area is 160 Å². The van der Waals surface area contributed by atoms with Crippen LogP contribution in [-0.2, 0) is 4.79 Å². The topological polar surface area (TPSA) is 114 Å². The summed E-state index contributed by atoms with van der Waals surface area (Å²) in [6, 6.07) is 8.41. The second-order valence-electron chi connectivity index (χ2n) is 4.89. The van der Waals surface area contributed by atoms with Gasteiger partial charge in [0.1, 0.15) is 5.75 Å². The number of amides is 1. The minimum absolute atomic E-state index is 0.0553. The first kappa shape index (κ1) is 18.1. The zero-order chi connectivity index (χ0) is 18.4. The minimum Gasteiger partial charge on any atom is -0.507 e. The van der Waals surface area contributed by atoms with E-state index in [0.29, 0.717) is 11.5 Å². The summed E-state index contributed by atoms with van der Waals surface area (Å²) in [6.45, 7) is 0. The predicted molar refractivity (Wildman–Crippen MR) is 99.8 cm³/mol. The molecule has 3 rings (SSSR count). The highest BCUT2D eigenvalue weighted by Gasteiger charge is 2.10. The summed E-state index contributed by atoms with van der Waals surface area (Å²) < 4.78 is 6.27. The monoisotopic (exact) mass is 433 g/mol. The third-order valence-corrected chi connectivity index (χ3v) is 4.35. The van der Waals surface area contributed by atoms with Crippen molar-refractivity contribution >= 4 is 39.8 Å². The molecule has 0 aliphatic rings. The predicted octanol–water partition coefficient (Wildman–Crippen LogP) is 2.84. The molecule has 132 valence electrons. The second-order valence-corrected chi connectivity index (χ2v) is 6.74. The Kier molecular flexibility index (Phi) is 5.97. The van der Waals surface area contributed by atoms with E-state index in [4.69, 9.17) is 4.42 Å². The Hall–Kier alpha value is -2.72. The van der Waals surface area contributed by atoms with Crippen molar-refractivity contribution in [3.63, 3.8) is 0 Å². The van der Waals surface area contributed by atoms with Gasteiger partial charge >= 0.3 is 0 Å². The van der Waals surface area contributed by atoms with Gasteiger partial charge in [-0.25, -0.2) is 5.43 Å². The molecule has 2 heterocycles. The summed E-state index contributed by atoms with van der Waals surface area (Å²) in [4.78, 5) is 15.7. The number of pyridine rings is 1. The number of phenolic OH excluding ortho intramolecular Hbond substituents is 1. The van der Waals surface area contributed by atoms with Gasteiger partial charge in [-0.05, 0) is 30.3 Å². The van der Waals surface area contributed by atoms with Gasteiger partial charge in [-0.1, -0.05) is 27.7 Å². The van der Waals surface area contributed by atoms with E-state index in [1.165, 1.54) is 12.3 Å². The zero-order valence-corrected chi connectivity index (χ0v) is 15.6. The molecular weight excluding hydrogens is 422 g/mol. The Bertz CT molecular complexity index is 933. The first-order valence-electron chi connectivity index (χ1n) is 7.29. The molecule has 10 heteroatoms. The number of carbonyl (C=O) groups excluding carboxylic acids is 1. The number of nitrogens with one attached hydrogen (secondary N) is 1. The lowest BCUT2D eigenvalue weighted by Crippen LogP contribution is -2.19. The van der Waals surface area contributed by atoms with Crippen molar-refractivity contribution < 1.29 is 14.3 Å². The number of rotatable bonds is 6. The van der Waals surface area contributed by atoms with E-state index in [2.05, 4.69) is 41.6 Å². The second kappa shape index (κ2) is 8.59. The number of benzene rings is 1. The molecule has 8 nitrogen and oxygen atoms in total. The van der Waals surface area contributed by atoms with Crippen LogP contribution in [-0.4, -0.2) is 38.2 Å². The van der Waals surface area contributed by atoms with E-state index in [-0.39, 0.29) is 22.6 Å². The van der Waals surface area contributed by atoms with Crippen LogP contribution in [0.3, 0.4) is 0 Å². The fourth-order valence-electron chi connectivity index (χ4n) is 1.84. The lowest BCUT2D eigenvalue weighted by atomic mass is 10.2. The molecular formula is C16H12BrN5O3S. The van der Waals surface area contributed by atoms with Crippen molar-refractivity contribution in [1.82, 2.24) is 20.6 Å². The van der Waals surface area contributed by atoms with Gasteiger partial charge in [-0.15, -0.1) is 10.2 Å². The van der Waals surface area contributed by atoms with Gasteiger partial charge < -0.3 is 9.52 Å². The third kappa shape index (κ3) is 4.90. The van der Waals surface area contributed by atoms with Crippen molar-refractivity contribution in [2.75, 3.05) is 5.75 Å². The van der Waals surface area contributed by atoms with Gasteiger partial charge in [-0.3, -0.25) is 9.78 Å². The van der Waals surface area contributed by atoms with Crippen molar-refractivity contribution in [2.24, 2.45) is 5.10 Å². The van der Waals surface area contributed by atoms with Gasteiger partial charge in [0.05, 0.1) is 12.0 Å². The number of hydrogen-bond acceptors (Lipinski definition) is 8. The Balaban J connectivity index is 1.51. The SMILES string of the molecule is O=C(CSc1nnc(-c2ccncc2)o1)N/N=C/c1cc(Br)ccc1O. The molecule has 0 radical (unpaired) electrons. The standard InChI is InChI=1S/C16H12BrN5O3S/c17-12-1-2-13(23)11(7-12)8-19-20-14(24)9-26-16-22-21-15(25-16)10-3-5-18-6-4-10/h1-8,23H,9H2,(H,20,24)/b19-8+. The van der Waals surface area contributed by atoms with Crippen molar-refractivity contribution in [1.29, 1.82) is 0 Å². The van der Waals surface area contributed by atoms with Gasteiger partial charge in [0.25, 0.3) is 11.1 Å². The van der Waals surface area contributed by atoms with Crippen LogP contribution in [0.15, 0.2) is 61.9 Å². The fourth-order valence-corrected chi connectivity index (χ4v) is 2.78. The normalized spacial score (nSPS) is 11.0. The van der Waals surface area contributed by atoms with Crippen LogP contribution in [0.25, 0.3) is 11.5 Å². The van der Waals surface area contributed by atoms with Crippen LogP contribution in [0.2, 0.25) is 0 Å². The first-order valence-corrected chi connectivity index (χ1v) is 9.07. The van der Waals surface area contributed by atoms with E-state index >= 15 is 0 Å². The average Bonchev–Trinajstić information content (AvgIpc) is 3.13. The van der Waals surface area contributed by atoms with E-state index in [1.54, 1.807) is 36.7 Å². The number of phenols is 1. The van der Waals surface area contributed by atoms with Gasteiger partial charge in [0, 0.05) is 28.0 Å². The van der Waals surface area contributed by atoms with E-state index in [0.717, 1.165) is 21.8 Å². The van der Waals surface area contributed by atoms with Crippen molar-refractivity contribution in [2.45, 2.75) is 5.22 Å². The van der Waals surface area contributed by atoms with Crippen LogP contribution >= 0.6 is 27.7 Å². The lowest BCUT2D eigenvalue weighted by molar-refractivity contribution is -0.118. The lowest BCUT2D eigenvalue weighted by Gasteiger charge is -2.00. The summed E-state index contributed by atoms with van der Waals surface area (Å²) >= 11 is 4.39. The van der Waals surface area contributed by atoms with E-state index in [9.17, 15) is 9.90 Å². The van der Waals surface area contributed by atoms with Crippen LogP contribution in [0, 0.1) is 0 Å². The van der Waals surface area contributed by atoms with E-state index in [1.807, 2.05) is 0 Å². The molecule has 0 spiro atoms. The number of thioether (sulfide) groups is 1. The molecule has 26 heavy (non-hydrogen) atoms. The highest BCUT2D eigenvalue weighted by molar-refractivity contribution is 9.10. The number of hydrogen-bond donors (Lipinski definition) is 2. The Morgan fingerprint density at radius 1 is 1.31 bits per heavy atom. The molecule has 0 aliphatic heterocycles. The molecule has 0 saturated heterocycles. The molecule has 0 unspecified atom stereocenters. The molecule has 1 aromatic carbocycles. The molecule has 0 aliphatic carbocycles. The van der Waals surface area contributed by atoms with E-state index < -0.39 is 0 Å². The molecule has 2 aromatic heterocycles. The van der Waals surface area contributed by atoms with Crippen LogP contribution in [0.5, 0.6) is 5.75 Å². The molecule has 3 aromatic rings. The Morgan fingerprint density at radius 3 is 2.92 bits per heavy atom. The highest BCUT2D eigenvalue weighted by Crippen LogP contribution is 2.22. The fraction of sp³-hybridized carbons (Fsp3) is 0.0625. The van der Waals surface area contributed by atoms with Crippen molar-refractivity contribution in [3.8, 4) is 17.2 Å². The van der Waals surface area contributed by atoms with Gasteiger partial charge in [0.2, 0.25) is 5.89 Å². The number of aromatic nitrogens is 3. The van der Waals surface area contributed by atoms with Crippen LogP contribution in [0.4, 0.5) is 0 Å². The number of nitrogens with zero attached hydrogens (tertiary/aromatic N) is 4. The number of carbonyl (C=O) groups is 1. The summed E-state index contributed by atoms with van der Waals surface area (Å²) in [5, 5.41) is 21.6. The smallest absolute Gasteiger partial charge is 0.277 e. The molecule has 0 fully saturated rings. The van der Waals surface area contributed by atoms with Crippen molar-refractivity contribution in [3.05, 3.63) is 52.8 Å². The van der Waals surface area contributed by atoms with Crippen LogP contribution < -0.4 is 5.43 Å². The maximum atomic E-state index is 11.8. The maximum absolute atomic E-state index is 11.8. The number of halogens is 1. The largest absolute Gasteiger partial charge is 0.507 e. The van der Waals surface area contributed by atoms with Gasteiger partial charge in [-0.2, -0.15) is 5.10 Å². The molecule has 2 N–H and O–H groups in total. The maximum Gasteiger partial charge on any atom is 0.277 e. The Morgan fingerprint density at radius 2 is 2.12 bits per heavy atom. The molecule has 1 amide bonds. The minimum atomic E-state index is -0.343. The highest BCUT2D eigenvalue weighted by atomic mass is 79.9. The summed E-state index contributed by atoms with van der Waals surface area (Å²) in [5.74, 6) is 0.137. The third-order valence-electron chi connectivity index (χ3n) is 3.04. The number of hydrazone groups is 1. The van der Waals surface area contributed by atoms with Crippen LogP contribution in [0.1, 0.15) is 5.56 Å². The molecule has 0 bridgehead atoms. The molecule has 0 atom stereocenters. The summed E-state index contributed by atoms with van der Waals surface area (Å²) in [5.41, 5.74) is 3.60. The summed E-state index contributed by atoms with van der Waals surface area (Å²) in [6.07, 6.45) is 4.61. The summed E-state index contributed by atoms with van der Waals surface area (Å²) in [7, 11) is 0. The number of aromatic hydroxyl groups is 1. The first-order chi connectivity index (χ1) is 12.6.